The summed E-state index contributed by atoms with van der Waals surface area (Å²) in [5.74, 6) is -3.09. The Bertz CT molecular complexity index is 397. The van der Waals surface area contributed by atoms with E-state index < -0.39 is 23.6 Å². The Hall–Kier alpha value is -1.71. The van der Waals surface area contributed by atoms with E-state index in [1.54, 1.807) is 6.92 Å². The van der Waals surface area contributed by atoms with Crippen LogP contribution in [-0.4, -0.2) is 16.9 Å². The van der Waals surface area contributed by atoms with Gasteiger partial charge in [-0.1, -0.05) is 13.8 Å². The Morgan fingerprint density at radius 3 is 2.06 bits per heavy atom. The monoisotopic (exact) mass is 224 g/mol. The highest BCUT2D eigenvalue weighted by molar-refractivity contribution is 5.99. The number of hydrogen-bond acceptors (Lipinski definition) is 2. The molecular formula is C12H13FO3. The fourth-order valence-corrected chi connectivity index (χ4v) is 1.32. The molecule has 0 saturated carbocycles. The number of carbonyl (C=O) groups excluding carboxylic acids is 1. The van der Waals surface area contributed by atoms with Gasteiger partial charge >= 0.3 is 5.97 Å². The summed E-state index contributed by atoms with van der Waals surface area (Å²) in [4.78, 5) is 22.5. The fraction of sp³-hybridized carbons (Fsp3) is 0.333. The van der Waals surface area contributed by atoms with E-state index >= 15 is 0 Å². The highest BCUT2D eigenvalue weighted by Gasteiger charge is 2.26. The van der Waals surface area contributed by atoms with Crippen molar-refractivity contribution in [2.45, 2.75) is 13.8 Å². The van der Waals surface area contributed by atoms with E-state index in [-0.39, 0.29) is 5.78 Å². The zero-order chi connectivity index (χ0) is 12.3. The normalized spacial score (nSPS) is 14.2. The van der Waals surface area contributed by atoms with Gasteiger partial charge in [-0.2, -0.15) is 0 Å². The third-order valence-electron chi connectivity index (χ3n) is 2.68. The van der Waals surface area contributed by atoms with Crippen molar-refractivity contribution in [2.24, 2.45) is 11.8 Å². The van der Waals surface area contributed by atoms with E-state index in [4.69, 9.17) is 5.11 Å². The van der Waals surface area contributed by atoms with Gasteiger partial charge in [0.1, 0.15) is 5.82 Å². The van der Waals surface area contributed by atoms with Crippen LogP contribution in [0.5, 0.6) is 0 Å². The maximum atomic E-state index is 12.6. The molecule has 1 aromatic rings. The van der Waals surface area contributed by atoms with E-state index in [1.807, 2.05) is 0 Å². The molecule has 1 N–H and O–H groups in total. The highest BCUT2D eigenvalue weighted by Crippen LogP contribution is 2.17. The Kier molecular flexibility index (Phi) is 3.77. The van der Waals surface area contributed by atoms with E-state index in [0.29, 0.717) is 5.56 Å². The SMILES string of the molecule is C[C@H](C(=O)c1ccc(F)cc1)[C@@H](C)C(=O)O. The predicted octanol–water partition coefficient (Wildman–Crippen LogP) is 2.37. The van der Waals surface area contributed by atoms with Gasteiger partial charge in [-0.3, -0.25) is 9.59 Å². The minimum absolute atomic E-state index is 0.282. The summed E-state index contributed by atoms with van der Waals surface area (Å²) >= 11 is 0. The highest BCUT2D eigenvalue weighted by atomic mass is 19.1. The maximum Gasteiger partial charge on any atom is 0.306 e. The zero-order valence-corrected chi connectivity index (χ0v) is 9.11. The third kappa shape index (κ3) is 2.66. The molecule has 0 unspecified atom stereocenters. The van der Waals surface area contributed by atoms with E-state index in [0.717, 1.165) is 0 Å². The molecule has 3 nitrogen and oxygen atoms in total. The number of aliphatic carboxylic acids is 1. The van der Waals surface area contributed by atoms with Crippen LogP contribution in [0.15, 0.2) is 24.3 Å². The molecule has 4 heteroatoms. The molecular weight excluding hydrogens is 211 g/mol. The van der Waals surface area contributed by atoms with Crippen molar-refractivity contribution < 1.29 is 19.1 Å². The van der Waals surface area contributed by atoms with Gasteiger partial charge in [0.2, 0.25) is 0 Å². The topological polar surface area (TPSA) is 54.4 Å². The molecule has 0 heterocycles. The van der Waals surface area contributed by atoms with Crippen LogP contribution >= 0.6 is 0 Å². The van der Waals surface area contributed by atoms with E-state index in [9.17, 15) is 14.0 Å². The first kappa shape index (κ1) is 12.4. The van der Waals surface area contributed by atoms with Gasteiger partial charge in [0.05, 0.1) is 5.92 Å². The van der Waals surface area contributed by atoms with Crippen molar-refractivity contribution >= 4 is 11.8 Å². The maximum absolute atomic E-state index is 12.6. The van der Waals surface area contributed by atoms with Crippen molar-refractivity contribution in [1.82, 2.24) is 0 Å². The summed E-state index contributed by atoms with van der Waals surface area (Å²) in [7, 11) is 0. The molecule has 0 spiro atoms. The third-order valence-corrected chi connectivity index (χ3v) is 2.68. The molecule has 0 bridgehead atoms. The van der Waals surface area contributed by atoms with E-state index in [2.05, 4.69) is 0 Å². The molecule has 1 rings (SSSR count). The first-order valence-electron chi connectivity index (χ1n) is 4.96. The first-order chi connectivity index (χ1) is 7.43. The summed E-state index contributed by atoms with van der Waals surface area (Å²) in [5.41, 5.74) is 0.335. The quantitative estimate of drug-likeness (QED) is 0.799. The molecule has 0 aliphatic carbocycles. The number of benzene rings is 1. The van der Waals surface area contributed by atoms with Crippen molar-refractivity contribution in [2.75, 3.05) is 0 Å². The van der Waals surface area contributed by atoms with Gasteiger partial charge in [0.25, 0.3) is 0 Å². The Morgan fingerprint density at radius 2 is 1.62 bits per heavy atom. The van der Waals surface area contributed by atoms with Gasteiger partial charge in [-0.25, -0.2) is 4.39 Å². The van der Waals surface area contributed by atoms with Crippen LogP contribution in [0, 0.1) is 17.7 Å². The second-order valence-corrected chi connectivity index (χ2v) is 3.79. The lowest BCUT2D eigenvalue weighted by molar-refractivity contribution is -0.142. The van der Waals surface area contributed by atoms with Crippen molar-refractivity contribution in [1.29, 1.82) is 0 Å². The lowest BCUT2D eigenvalue weighted by atomic mass is 9.88. The molecule has 0 saturated heterocycles. The van der Waals surface area contributed by atoms with Crippen LogP contribution in [0.25, 0.3) is 0 Å². The molecule has 0 amide bonds. The molecule has 0 aliphatic rings. The molecule has 0 aliphatic heterocycles. The average Bonchev–Trinajstić information content (AvgIpc) is 2.27. The minimum Gasteiger partial charge on any atom is -0.481 e. The Balaban J connectivity index is 2.86. The van der Waals surface area contributed by atoms with Crippen molar-refractivity contribution in [3.05, 3.63) is 35.6 Å². The molecule has 1 aromatic carbocycles. The number of carboxylic acid groups (broad SMARTS) is 1. The molecule has 2 atom stereocenters. The van der Waals surface area contributed by atoms with Gasteiger partial charge in [0.15, 0.2) is 5.78 Å². The van der Waals surface area contributed by atoms with Gasteiger partial charge in [-0.05, 0) is 24.3 Å². The number of carbonyl (C=O) groups is 2. The number of halogens is 1. The number of carboxylic acids is 1. The average molecular weight is 224 g/mol. The summed E-state index contributed by atoms with van der Waals surface area (Å²) in [6.07, 6.45) is 0. The van der Waals surface area contributed by atoms with Crippen LogP contribution in [0.4, 0.5) is 4.39 Å². The zero-order valence-electron chi connectivity index (χ0n) is 9.11. The summed E-state index contributed by atoms with van der Waals surface area (Å²) < 4.78 is 12.6. The minimum atomic E-state index is -1.01. The van der Waals surface area contributed by atoms with Crippen molar-refractivity contribution in [3.63, 3.8) is 0 Å². The lowest BCUT2D eigenvalue weighted by Gasteiger charge is -2.14. The van der Waals surface area contributed by atoms with Gasteiger partial charge in [0, 0.05) is 11.5 Å². The Labute approximate surface area is 92.9 Å². The van der Waals surface area contributed by atoms with Crippen LogP contribution in [0.3, 0.4) is 0 Å². The number of rotatable bonds is 4. The largest absolute Gasteiger partial charge is 0.481 e. The Morgan fingerprint density at radius 1 is 1.12 bits per heavy atom. The number of hydrogen-bond donors (Lipinski definition) is 1. The summed E-state index contributed by atoms with van der Waals surface area (Å²) in [6.45, 7) is 3.04. The molecule has 0 aromatic heterocycles. The molecule has 16 heavy (non-hydrogen) atoms. The predicted molar refractivity (Wildman–Crippen MR) is 56.7 cm³/mol. The van der Waals surface area contributed by atoms with Gasteiger partial charge < -0.3 is 5.11 Å². The number of ketones is 1. The van der Waals surface area contributed by atoms with E-state index in [1.165, 1.54) is 31.2 Å². The van der Waals surface area contributed by atoms with Crippen molar-refractivity contribution in [3.8, 4) is 0 Å². The first-order valence-corrected chi connectivity index (χ1v) is 4.96. The standard InChI is InChI=1S/C12H13FO3/c1-7(8(2)12(15)16)11(14)9-3-5-10(13)6-4-9/h3-8H,1-2H3,(H,15,16)/t7-,8+/m0/s1. The molecule has 0 fully saturated rings. The summed E-state index contributed by atoms with van der Waals surface area (Å²) in [6, 6.07) is 5.10. The smallest absolute Gasteiger partial charge is 0.306 e. The molecule has 0 radical (unpaired) electrons. The van der Waals surface area contributed by atoms with Crippen LogP contribution in [0.1, 0.15) is 24.2 Å². The van der Waals surface area contributed by atoms with Crippen LogP contribution in [0.2, 0.25) is 0 Å². The molecule has 86 valence electrons. The van der Waals surface area contributed by atoms with Crippen LogP contribution in [-0.2, 0) is 4.79 Å². The second kappa shape index (κ2) is 4.88. The van der Waals surface area contributed by atoms with Crippen LogP contribution < -0.4 is 0 Å². The second-order valence-electron chi connectivity index (χ2n) is 3.79. The summed E-state index contributed by atoms with van der Waals surface area (Å²) in [5, 5.41) is 8.78. The van der Waals surface area contributed by atoms with Gasteiger partial charge in [-0.15, -0.1) is 0 Å². The lowest BCUT2D eigenvalue weighted by Crippen LogP contribution is -2.25. The fourth-order valence-electron chi connectivity index (χ4n) is 1.32. The number of Topliss-reactive ketones (excluding diaryl/α,β-unsaturated/α-hetero) is 1.